The molecule has 0 unspecified atom stereocenters. The van der Waals surface area contributed by atoms with Gasteiger partial charge in [-0.3, -0.25) is 14.3 Å². The van der Waals surface area contributed by atoms with Gasteiger partial charge in [-0.05, 0) is 56.2 Å². The van der Waals surface area contributed by atoms with Crippen molar-refractivity contribution in [3.05, 3.63) is 71.1 Å². The molecule has 1 aliphatic heterocycles. The highest BCUT2D eigenvalue weighted by molar-refractivity contribution is 6.00. The van der Waals surface area contributed by atoms with Crippen LogP contribution in [0.1, 0.15) is 47.4 Å². The van der Waals surface area contributed by atoms with Crippen molar-refractivity contribution in [3.8, 4) is 22.8 Å². The standard InChI is InChI=1S/C30H26F5N5O5/c1-28(27(36)42)13-45-24-20(28)21(32)25(38-23(24)14-3-5-17(31)6-4-14)29(43,30(33,34)35)12-37-26(41)15-9-16-11-40(18-7-8-18)39-22(16)19(10-15)44-2/h3-6,9-11,18,43H,7-8,12-13H2,1-2H3,(H2,36,42)(H,37,41)/t28-,29+/m1/s1. The molecule has 1 aliphatic carbocycles. The molecular formula is C30H26F5N5O5. The minimum Gasteiger partial charge on any atom is -0.494 e. The first-order valence-electron chi connectivity index (χ1n) is 13.7. The van der Waals surface area contributed by atoms with Gasteiger partial charge >= 0.3 is 6.18 Å². The summed E-state index contributed by atoms with van der Waals surface area (Å²) in [5.41, 5.74) is -2.80. The molecule has 4 aromatic rings. The Labute approximate surface area is 251 Å². The summed E-state index contributed by atoms with van der Waals surface area (Å²) in [5, 5.41) is 18.2. The number of pyridine rings is 1. The Kier molecular flexibility index (Phi) is 6.99. The van der Waals surface area contributed by atoms with E-state index in [-0.39, 0.29) is 28.7 Å². The number of carbonyl (C=O) groups is 2. The molecule has 10 nitrogen and oxygen atoms in total. The lowest BCUT2D eigenvalue weighted by Gasteiger charge is -2.32. The second-order valence-corrected chi connectivity index (χ2v) is 11.3. The quantitative estimate of drug-likeness (QED) is 0.249. The number of rotatable bonds is 8. The fraction of sp³-hybridized carbons (Fsp3) is 0.333. The van der Waals surface area contributed by atoms with Crippen LogP contribution >= 0.6 is 0 Å². The van der Waals surface area contributed by atoms with E-state index in [1.165, 1.54) is 26.2 Å². The summed E-state index contributed by atoms with van der Waals surface area (Å²) in [6.45, 7) is -0.931. The number of primary amides is 1. The highest BCUT2D eigenvalue weighted by Gasteiger charge is 2.60. The predicted molar refractivity (Wildman–Crippen MR) is 148 cm³/mol. The van der Waals surface area contributed by atoms with Gasteiger partial charge in [0.05, 0.1) is 25.3 Å². The zero-order chi connectivity index (χ0) is 32.5. The van der Waals surface area contributed by atoms with Crippen molar-refractivity contribution in [1.29, 1.82) is 0 Å². The number of carbonyl (C=O) groups excluding carboxylic acids is 2. The summed E-state index contributed by atoms with van der Waals surface area (Å²) in [6.07, 6.45) is -2.05. The molecular weight excluding hydrogens is 605 g/mol. The third-order valence-corrected chi connectivity index (χ3v) is 8.17. The summed E-state index contributed by atoms with van der Waals surface area (Å²) in [4.78, 5) is 29.4. The molecule has 15 heteroatoms. The zero-order valence-corrected chi connectivity index (χ0v) is 23.8. The van der Waals surface area contributed by atoms with Crippen LogP contribution in [0.2, 0.25) is 0 Å². The third-order valence-electron chi connectivity index (χ3n) is 8.17. The SMILES string of the molecule is COc1cc(C(=O)NC[C@](O)(c2nc(-c3ccc(F)cc3)c3c(c2F)[C@](C)(C(N)=O)CO3)C(F)(F)F)cc2cn(C3CC3)nc12. The lowest BCUT2D eigenvalue weighted by atomic mass is 9.81. The Morgan fingerprint density at radius 2 is 1.89 bits per heavy atom. The first-order valence-corrected chi connectivity index (χ1v) is 13.7. The van der Waals surface area contributed by atoms with Crippen molar-refractivity contribution in [1.82, 2.24) is 20.1 Å². The Balaban J connectivity index is 1.43. The van der Waals surface area contributed by atoms with Gasteiger partial charge in [0.15, 0.2) is 11.6 Å². The maximum Gasteiger partial charge on any atom is 0.424 e. The largest absolute Gasteiger partial charge is 0.494 e. The van der Waals surface area contributed by atoms with Gasteiger partial charge in [-0.25, -0.2) is 13.8 Å². The number of halogens is 5. The lowest BCUT2D eigenvalue weighted by molar-refractivity contribution is -0.266. The van der Waals surface area contributed by atoms with Crippen LogP contribution in [0.4, 0.5) is 22.0 Å². The number of nitrogens with one attached hydrogen (secondary N) is 1. The van der Waals surface area contributed by atoms with Gasteiger partial charge in [-0.15, -0.1) is 0 Å². The first-order chi connectivity index (χ1) is 21.2. The molecule has 2 aromatic heterocycles. The van der Waals surface area contributed by atoms with Crippen LogP contribution in [-0.2, 0) is 15.8 Å². The Morgan fingerprint density at radius 1 is 1.20 bits per heavy atom. The van der Waals surface area contributed by atoms with Gasteiger partial charge in [-0.2, -0.15) is 18.3 Å². The van der Waals surface area contributed by atoms with Gasteiger partial charge in [0.25, 0.3) is 5.91 Å². The average Bonchev–Trinajstić information content (AvgIpc) is 3.65. The van der Waals surface area contributed by atoms with Crippen molar-refractivity contribution in [2.24, 2.45) is 5.73 Å². The van der Waals surface area contributed by atoms with Crippen molar-refractivity contribution >= 4 is 22.7 Å². The van der Waals surface area contributed by atoms with Crippen LogP contribution in [0.3, 0.4) is 0 Å². The molecule has 0 radical (unpaired) electrons. The number of hydrogen-bond donors (Lipinski definition) is 3. The first kappa shape index (κ1) is 30.2. The van der Waals surface area contributed by atoms with Crippen molar-refractivity contribution in [3.63, 3.8) is 0 Å². The summed E-state index contributed by atoms with van der Waals surface area (Å²) in [5.74, 6) is -4.71. The van der Waals surface area contributed by atoms with E-state index in [2.05, 4.69) is 10.1 Å². The summed E-state index contributed by atoms with van der Waals surface area (Å²) in [6, 6.07) is 7.19. The maximum absolute atomic E-state index is 16.2. The molecule has 2 aliphatic rings. The summed E-state index contributed by atoms with van der Waals surface area (Å²) in [7, 11) is 1.35. The van der Waals surface area contributed by atoms with E-state index < -0.39 is 70.7 Å². The van der Waals surface area contributed by atoms with Gasteiger partial charge in [0.1, 0.15) is 40.5 Å². The highest BCUT2D eigenvalue weighted by Crippen LogP contribution is 2.49. The van der Waals surface area contributed by atoms with Gasteiger partial charge < -0.3 is 25.6 Å². The number of amides is 2. The topological polar surface area (TPSA) is 142 Å². The van der Waals surface area contributed by atoms with Crippen LogP contribution in [-0.4, -0.2) is 58.1 Å². The number of fused-ring (bicyclic) bond motifs is 2. The van der Waals surface area contributed by atoms with Crippen LogP contribution in [0.5, 0.6) is 11.5 Å². The van der Waals surface area contributed by atoms with Crippen molar-refractivity contribution < 1.29 is 46.1 Å². The molecule has 1 saturated carbocycles. The minimum absolute atomic E-state index is 0.00308. The molecule has 4 N–H and O–H groups in total. The fourth-order valence-electron chi connectivity index (χ4n) is 5.30. The number of nitrogens with two attached hydrogens (primary N) is 1. The number of aliphatic hydroxyl groups is 1. The van der Waals surface area contributed by atoms with Gasteiger partial charge in [0, 0.05) is 22.7 Å². The van der Waals surface area contributed by atoms with E-state index >= 15 is 4.39 Å². The molecule has 2 aromatic carbocycles. The highest BCUT2D eigenvalue weighted by atomic mass is 19.4. The summed E-state index contributed by atoms with van der Waals surface area (Å²) >= 11 is 0. The van der Waals surface area contributed by atoms with Gasteiger partial charge in [-0.1, -0.05) is 0 Å². The van der Waals surface area contributed by atoms with E-state index in [0.29, 0.717) is 10.9 Å². The molecule has 6 rings (SSSR count). The Bertz CT molecular complexity index is 1860. The van der Waals surface area contributed by atoms with Crippen molar-refractivity contribution in [2.75, 3.05) is 20.3 Å². The number of aromatic nitrogens is 3. The molecule has 236 valence electrons. The van der Waals surface area contributed by atoms with E-state index in [9.17, 15) is 32.3 Å². The molecule has 3 heterocycles. The molecule has 0 spiro atoms. The Morgan fingerprint density at radius 3 is 2.49 bits per heavy atom. The van der Waals surface area contributed by atoms with Crippen molar-refractivity contribution in [2.45, 2.75) is 43.0 Å². The lowest BCUT2D eigenvalue weighted by Crippen LogP contribution is -2.52. The molecule has 2 atom stereocenters. The third kappa shape index (κ3) is 4.90. The fourth-order valence-corrected chi connectivity index (χ4v) is 5.30. The van der Waals surface area contributed by atoms with E-state index in [0.717, 1.165) is 37.1 Å². The molecule has 0 bridgehead atoms. The van der Waals surface area contributed by atoms with Crippen LogP contribution in [0.25, 0.3) is 22.2 Å². The van der Waals surface area contributed by atoms with Crippen LogP contribution in [0.15, 0.2) is 42.6 Å². The van der Waals surface area contributed by atoms with Crippen LogP contribution in [0, 0.1) is 11.6 Å². The minimum atomic E-state index is -5.60. The number of hydrogen-bond acceptors (Lipinski definition) is 7. The second kappa shape index (κ2) is 10.4. The number of methoxy groups -OCH3 is 1. The molecule has 1 fully saturated rings. The molecule has 2 amide bonds. The van der Waals surface area contributed by atoms with E-state index in [4.69, 9.17) is 15.2 Å². The second-order valence-electron chi connectivity index (χ2n) is 11.3. The Hall–Kier alpha value is -4.79. The van der Waals surface area contributed by atoms with E-state index in [1.54, 1.807) is 10.9 Å². The maximum atomic E-state index is 16.2. The number of benzene rings is 2. The number of nitrogens with zero attached hydrogens (tertiary/aromatic N) is 3. The van der Waals surface area contributed by atoms with E-state index in [1.807, 2.05) is 5.32 Å². The molecule has 45 heavy (non-hydrogen) atoms. The van der Waals surface area contributed by atoms with Gasteiger partial charge in [0.2, 0.25) is 11.5 Å². The zero-order valence-electron chi connectivity index (χ0n) is 23.8. The number of alkyl halides is 3. The van der Waals surface area contributed by atoms with Crippen LogP contribution < -0.4 is 20.5 Å². The smallest absolute Gasteiger partial charge is 0.424 e. The monoisotopic (exact) mass is 631 g/mol. The number of ether oxygens (including phenoxy) is 2. The normalized spacial score (nSPS) is 19.1. The summed E-state index contributed by atoms with van der Waals surface area (Å²) < 4.78 is 86.6. The average molecular weight is 632 g/mol. The predicted octanol–water partition coefficient (Wildman–Crippen LogP) is 4.04. The molecule has 0 saturated heterocycles.